The van der Waals surface area contributed by atoms with Crippen molar-refractivity contribution < 1.29 is 9.13 Å². The molecule has 0 amide bonds. The second-order valence-electron chi connectivity index (χ2n) is 5.90. The Hall–Kier alpha value is -2.84. The zero-order valence-corrected chi connectivity index (χ0v) is 16.2. The molecule has 4 aromatic rings. The Bertz CT molecular complexity index is 1220. The van der Waals surface area contributed by atoms with Crippen molar-refractivity contribution in [2.45, 2.75) is 10.9 Å². The third-order valence-electron chi connectivity index (χ3n) is 4.06. The molecule has 9 heteroatoms. The molecule has 2 aromatic carbocycles. The second kappa shape index (κ2) is 7.65. The number of rotatable bonds is 5. The number of benzene rings is 2. The summed E-state index contributed by atoms with van der Waals surface area (Å²) in [4.78, 5) is 19.6. The van der Waals surface area contributed by atoms with Crippen LogP contribution in [0.4, 0.5) is 4.39 Å². The summed E-state index contributed by atoms with van der Waals surface area (Å²) in [5.74, 6) is 0.185. The summed E-state index contributed by atoms with van der Waals surface area (Å²) in [7, 11) is 1.42. The van der Waals surface area contributed by atoms with Crippen LogP contribution in [0.2, 0.25) is 5.02 Å². The normalized spacial score (nSPS) is 11.1. The van der Waals surface area contributed by atoms with Crippen molar-refractivity contribution in [3.05, 3.63) is 75.4 Å². The Morgan fingerprint density at radius 1 is 1.29 bits per heavy atom. The molecule has 6 nitrogen and oxygen atoms in total. The van der Waals surface area contributed by atoms with Crippen LogP contribution in [0.25, 0.3) is 16.7 Å². The van der Waals surface area contributed by atoms with Crippen molar-refractivity contribution >= 4 is 34.4 Å². The zero-order valence-electron chi connectivity index (χ0n) is 14.6. The van der Waals surface area contributed by atoms with E-state index in [9.17, 15) is 9.18 Å². The van der Waals surface area contributed by atoms with Gasteiger partial charge in [-0.05, 0) is 35.9 Å². The molecule has 28 heavy (non-hydrogen) atoms. The molecule has 0 unspecified atom stereocenters. The van der Waals surface area contributed by atoms with Gasteiger partial charge in [-0.25, -0.2) is 14.1 Å². The first-order valence-electron chi connectivity index (χ1n) is 8.24. The molecular formula is C19H14ClFN4O2S. The molecule has 0 bridgehead atoms. The van der Waals surface area contributed by atoms with E-state index < -0.39 is 5.82 Å². The molecule has 0 radical (unpaired) electrons. The number of hydrogen-bond acceptors (Lipinski definition) is 5. The fourth-order valence-electron chi connectivity index (χ4n) is 2.71. The zero-order chi connectivity index (χ0) is 19.7. The number of nitrogens with zero attached hydrogens (tertiary/aromatic N) is 3. The van der Waals surface area contributed by atoms with Crippen LogP contribution in [0.5, 0.6) is 5.75 Å². The van der Waals surface area contributed by atoms with Crippen molar-refractivity contribution in [1.82, 2.24) is 19.7 Å². The number of halogens is 2. The smallest absolute Gasteiger partial charge is 0.262 e. The first kappa shape index (κ1) is 18.5. The Kier molecular flexibility index (Phi) is 5.06. The maximum atomic E-state index is 13.9. The number of nitrogens with one attached hydrogen (secondary N) is 1. The minimum Gasteiger partial charge on any atom is -0.494 e. The van der Waals surface area contributed by atoms with E-state index in [0.717, 1.165) is 5.56 Å². The average Bonchev–Trinajstić information content (AvgIpc) is 3.11. The lowest BCUT2D eigenvalue weighted by molar-refractivity contribution is 0.386. The van der Waals surface area contributed by atoms with Gasteiger partial charge in [-0.15, -0.1) is 0 Å². The molecule has 2 heterocycles. The van der Waals surface area contributed by atoms with Gasteiger partial charge in [0.1, 0.15) is 5.39 Å². The minimum atomic E-state index is -0.434. The van der Waals surface area contributed by atoms with Crippen LogP contribution >= 0.6 is 23.4 Å². The summed E-state index contributed by atoms with van der Waals surface area (Å²) in [5.41, 5.74) is 1.58. The Morgan fingerprint density at radius 2 is 2.14 bits per heavy atom. The summed E-state index contributed by atoms with van der Waals surface area (Å²) in [6, 6.07) is 11.9. The van der Waals surface area contributed by atoms with Gasteiger partial charge in [0.2, 0.25) is 0 Å². The fourth-order valence-corrected chi connectivity index (χ4v) is 3.70. The molecular weight excluding hydrogens is 403 g/mol. The molecule has 2 aromatic heterocycles. The number of aromatic nitrogens is 4. The first-order valence-corrected chi connectivity index (χ1v) is 9.61. The van der Waals surface area contributed by atoms with Gasteiger partial charge in [-0.2, -0.15) is 5.10 Å². The lowest BCUT2D eigenvalue weighted by Crippen LogP contribution is -2.09. The maximum absolute atomic E-state index is 13.9. The van der Waals surface area contributed by atoms with Crippen molar-refractivity contribution in [1.29, 1.82) is 0 Å². The van der Waals surface area contributed by atoms with E-state index in [1.54, 1.807) is 35.0 Å². The molecule has 0 fully saturated rings. The molecule has 0 aliphatic rings. The standard InChI is InChI=1S/C19H14ClFN4O2S/c1-27-16-6-5-11(7-15(16)21)10-28-19-23-17-14(18(26)24-19)9-22-25(17)13-4-2-3-12(20)8-13/h2-9H,10H2,1H3,(H,23,24,26). The van der Waals surface area contributed by atoms with Gasteiger partial charge in [0.25, 0.3) is 5.56 Å². The summed E-state index contributed by atoms with van der Waals surface area (Å²) >= 11 is 7.35. The molecule has 0 aliphatic heterocycles. The molecule has 142 valence electrons. The van der Waals surface area contributed by atoms with E-state index in [0.29, 0.717) is 32.7 Å². The van der Waals surface area contributed by atoms with Crippen LogP contribution in [-0.2, 0) is 5.75 Å². The predicted octanol–water partition coefficient (Wildman–Crippen LogP) is 4.20. The molecule has 0 saturated carbocycles. The highest BCUT2D eigenvalue weighted by Crippen LogP contribution is 2.24. The molecule has 4 rings (SSSR count). The lowest BCUT2D eigenvalue weighted by Gasteiger charge is -2.06. The first-order chi connectivity index (χ1) is 13.5. The molecule has 0 saturated heterocycles. The molecule has 0 atom stereocenters. The minimum absolute atomic E-state index is 0.187. The topological polar surface area (TPSA) is 72.8 Å². The van der Waals surface area contributed by atoms with Crippen molar-refractivity contribution in [2.24, 2.45) is 0 Å². The Balaban J connectivity index is 1.66. The monoisotopic (exact) mass is 416 g/mol. The van der Waals surface area contributed by atoms with Crippen LogP contribution in [0.3, 0.4) is 0 Å². The lowest BCUT2D eigenvalue weighted by atomic mass is 10.2. The number of aromatic amines is 1. The summed E-state index contributed by atoms with van der Waals surface area (Å²) in [6.07, 6.45) is 1.47. The van der Waals surface area contributed by atoms with E-state index in [1.165, 1.54) is 31.1 Å². The average molecular weight is 417 g/mol. The van der Waals surface area contributed by atoms with Crippen molar-refractivity contribution in [2.75, 3.05) is 7.11 Å². The SMILES string of the molecule is COc1ccc(CSc2nc3c(cnn3-c3cccc(Cl)c3)c(=O)[nH]2)cc1F. The van der Waals surface area contributed by atoms with E-state index in [2.05, 4.69) is 15.1 Å². The van der Waals surface area contributed by atoms with Crippen LogP contribution < -0.4 is 10.3 Å². The third-order valence-corrected chi connectivity index (χ3v) is 5.24. The molecule has 0 spiro atoms. The second-order valence-corrected chi connectivity index (χ2v) is 7.30. The van der Waals surface area contributed by atoms with Gasteiger partial charge < -0.3 is 9.72 Å². The highest BCUT2D eigenvalue weighted by Gasteiger charge is 2.13. The molecule has 0 aliphatic carbocycles. The van der Waals surface area contributed by atoms with Crippen LogP contribution in [0.15, 0.2) is 58.6 Å². The van der Waals surface area contributed by atoms with E-state index >= 15 is 0 Å². The maximum Gasteiger partial charge on any atom is 0.262 e. The van der Waals surface area contributed by atoms with E-state index in [-0.39, 0.29) is 11.3 Å². The largest absolute Gasteiger partial charge is 0.494 e. The highest BCUT2D eigenvalue weighted by molar-refractivity contribution is 7.98. The van der Waals surface area contributed by atoms with Gasteiger partial charge in [0, 0.05) is 10.8 Å². The van der Waals surface area contributed by atoms with Crippen molar-refractivity contribution in [3.63, 3.8) is 0 Å². The number of methoxy groups -OCH3 is 1. The van der Waals surface area contributed by atoms with E-state index in [4.69, 9.17) is 16.3 Å². The third kappa shape index (κ3) is 3.61. The van der Waals surface area contributed by atoms with Crippen LogP contribution in [-0.4, -0.2) is 26.9 Å². The number of ether oxygens (including phenoxy) is 1. The van der Waals surface area contributed by atoms with Gasteiger partial charge in [0.05, 0.1) is 19.0 Å². The number of fused-ring (bicyclic) bond motifs is 1. The Labute approximate surface area is 168 Å². The Morgan fingerprint density at radius 3 is 2.89 bits per heavy atom. The molecule has 1 N–H and O–H groups in total. The van der Waals surface area contributed by atoms with Crippen LogP contribution in [0.1, 0.15) is 5.56 Å². The number of thioether (sulfide) groups is 1. The summed E-state index contributed by atoms with van der Waals surface area (Å²) in [5, 5.41) is 5.61. The van der Waals surface area contributed by atoms with E-state index in [1.807, 2.05) is 6.07 Å². The highest BCUT2D eigenvalue weighted by atomic mass is 35.5. The fraction of sp³-hybridized carbons (Fsp3) is 0.105. The summed E-state index contributed by atoms with van der Waals surface area (Å²) in [6.45, 7) is 0. The van der Waals surface area contributed by atoms with Gasteiger partial charge >= 0.3 is 0 Å². The number of H-pyrrole nitrogens is 1. The predicted molar refractivity (Wildman–Crippen MR) is 107 cm³/mol. The van der Waals surface area contributed by atoms with Crippen LogP contribution in [0, 0.1) is 5.82 Å². The van der Waals surface area contributed by atoms with Gasteiger partial charge in [-0.3, -0.25) is 4.79 Å². The van der Waals surface area contributed by atoms with Crippen molar-refractivity contribution in [3.8, 4) is 11.4 Å². The quantitative estimate of drug-likeness (QED) is 0.390. The van der Waals surface area contributed by atoms with Gasteiger partial charge in [0.15, 0.2) is 22.4 Å². The summed E-state index contributed by atoms with van der Waals surface area (Å²) < 4.78 is 20.3. The number of hydrogen-bond donors (Lipinski definition) is 1. The van der Waals surface area contributed by atoms with Gasteiger partial charge in [-0.1, -0.05) is 35.5 Å².